The number of hydrogen-bond donors (Lipinski definition) is 0. The standard InChI is InChI=1S/C19H26N6O2/c1-2-15(16-10-17(21-13-20-16)25-6-8-26-9-7-25)11-24(5-1)12-18-22-23-19(27-18)14-3-4-14/h10,13-15H,1-9,11-12H2. The van der Waals surface area contributed by atoms with Gasteiger partial charge in [-0.2, -0.15) is 0 Å². The molecular weight excluding hydrogens is 344 g/mol. The number of hydrogen-bond acceptors (Lipinski definition) is 8. The number of anilines is 1. The maximum Gasteiger partial charge on any atom is 0.230 e. The van der Waals surface area contributed by atoms with E-state index in [-0.39, 0.29) is 0 Å². The van der Waals surface area contributed by atoms with Crippen molar-refractivity contribution in [2.75, 3.05) is 44.3 Å². The van der Waals surface area contributed by atoms with E-state index in [4.69, 9.17) is 9.15 Å². The summed E-state index contributed by atoms with van der Waals surface area (Å²) < 4.78 is 11.3. The summed E-state index contributed by atoms with van der Waals surface area (Å²) in [6.45, 7) is 6.10. The van der Waals surface area contributed by atoms with Crippen LogP contribution in [0, 0.1) is 0 Å². The maximum atomic E-state index is 5.84. The molecule has 0 N–H and O–H groups in total. The molecule has 8 heteroatoms. The molecule has 2 aromatic rings. The maximum absolute atomic E-state index is 5.84. The van der Waals surface area contributed by atoms with Crippen molar-refractivity contribution in [1.29, 1.82) is 0 Å². The summed E-state index contributed by atoms with van der Waals surface area (Å²) in [5, 5.41) is 8.45. The number of piperidine rings is 1. The molecule has 1 atom stereocenters. The van der Waals surface area contributed by atoms with E-state index in [2.05, 4.69) is 36.0 Å². The lowest BCUT2D eigenvalue weighted by molar-refractivity contribution is 0.122. The molecule has 2 aromatic heterocycles. The van der Waals surface area contributed by atoms with Gasteiger partial charge in [0.15, 0.2) is 0 Å². The predicted octanol–water partition coefficient (Wildman–Crippen LogP) is 1.95. The molecule has 144 valence electrons. The molecule has 0 radical (unpaired) electrons. The number of nitrogens with zero attached hydrogens (tertiary/aromatic N) is 6. The Balaban J connectivity index is 1.24. The van der Waals surface area contributed by atoms with Gasteiger partial charge in [0.05, 0.1) is 25.5 Å². The van der Waals surface area contributed by atoms with Crippen molar-refractivity contribution in [3.63, 3.8) is 0 Å². The molecule has 8 nitrogen and oxygen atoms in total. The highest BCUT2D eigenvalue weighted by Gasteiger charge is 2.30. The van der Waals surface area contributed by atoms with Gasteiger partial charge in [-0.1, -0.05) is 0 Å². The topological polar surface area (TPSA) is 80.4 Å². The van der Waals surface area contributed by atoms with E-state index in [9.17, 15) is 0 Å². The highest BCUT2D eigenvalue weighted by atomic mass is 16.5. The Morgan fingerprint density at radius 1 is 1.00 bits per heavy atom. The molecule has 0 bridgehead atoms. The van der Waals surface area contributed by atoms with Crippen molar-refractivity contribution >= 4 is 5.82 Å². The Morgan fingerprint density at radius 2 is 1.89 bits per heavy atom. The van der Waals surface area contributed by atoms with Crippen LogP contribution in [-0.4, -0.2) is 64.5 Å². The molecule has 4 heterocycles. The molecule has 0 aromatic carbocycles. The van der Waals surface area contributed by atoms with Crippen LogP contribution in [0.5, 0.6) is 0 Å². The van der Waals surface area contributed by atoms with Crippen LogP contribution in [0.15, 0.2) is 16.8 Å². The van der Waals surface area contributed by atoms with Crippen molar-refractivity contribution in [3.05, 3.63) is 29.9 Å². The van der Waals surface area contributed by atoms with Gasteiger partial charge in [0, 0.05) is 37.5 Å². The monoisotopic (exact) mass is 370 g/mol. The molecule has 27 heavy (non-hydrogen) atoms. The lowest BCUT2D eigenvalue weighted by Gasteiger charge is -2.32. The second-order valence-electron chi connectivity index (χ2n) is 7.78. The summed E-state index contributed by atoms with van der Waals surface area (Å²) in [6.07, 6.45) is 6.40. The first-order valence-corrected chi connectivity index (χ1v) is 10.0. The second kappa shape index (κ2) is 7.52. The van der Waals surface area contributed by atoms with E-state index < -0.39 is 0 Å². The summed E-state index contributed by atoms with van der Waals surface area (Å²) in [6, 6.07) is 2.16. The van der Waals surface area contributed by atoms with Crippen LogP contribution in [0.3, 0.4) is 0 Å². The third kappa shape index (κ3) is 3.96. The third-order valence-corrected chi connectivity index (χ3v) is 5.70. The van der Waals surface area contributed by atoms with E-state index in [1.165, 1.54) is 12.8 Å². The number of likely N-dealkylation sites (tertiary alicyclic amines) is 1. The molecule has 2 aliphatic heterocycles. The Bertz CT molecular complexity index is 771. The lowest BCUT2D eigenvalue weighted by atomic mass is 9.94. The quantitative estimate of drug-likeness (QED) is 0.790. The zero-order valence-electron chi connectivity index (χ0n) is 15.6. The first kappa shape index (κ1) is 17.1. The Morgan fingerprint density at radius 3 is 2.74 bits per heavy atom. The van der Waals surface area contributed by atoms with Gasteiger partial charge in [-0.25, -0.2) is 9.97 Å². The minimum Gasteiger partial charge on any atom is -0.424 e. The zero-order chi connectivity index (χ0) is 18.1. The number of rotatable bonds is 5. The number of aromatic nitrogens is 4. The van der Waals surface area contributed by atoms with Gasteiger partial charge < -0.3 is 14.1 Å². The molecule has 5 rings (SSSR count). The summed E-state index contributed by atoms with van der Waals surface area (Å²) >= 11 is 0. The summed E-state index contributed by atoms with van der Waals surface area (Å²) in [5.74, 6) is 3.53. The number of ether oxygens (including phenoxy) is 1. The zero-order valence-corrected chi connectivity index (χ0v) is 15.6. The molecule has 1 saturated carbocycles. The summed E-state index contributed by atoms with van der Waals surface area (Å²) in [5.41, 5.74) is 1.14. The fourth-order valence-corrected chi connectivity index (χ4v) is 4.01. The van der Waals surface area contributed by atoms with Gasteiger partial charge >= 0.3 is 0 Å². The molecule has 1 aliphatic carbocycles. The van der Waals surface area contributed by atoms with Gasteiger partial charge in [-0.15, -0.1) is 10.2 Å². The minimum atomic E-state index is 0.423. The van der Waals surface area contributed by atoms with Gasteiger partial charge in [-0.05, 0) is 32.2 Å². The first-order chi connectivity index (χ1) is 13.3. The molecule has 2 saturated heterocycles. The highest BCUT2D eigenvalue weighted by molar-refractivity contribution is 5.40. The van der Waals surface area contributed by atoms with Gasteiger partial charge in [-0.3, -0.25) is 4.90 Å². The molecule has 3 aliphatic rings. The lowest BCUT2D eigenvalue weighted by Crippen LogP contribution is -2.37. The van der Waals surface area contributed by atoms with Crippen LogP contribution in [0.1, 0.15) is 55.0 Å². The molecule has 0 spiro atoms. The second-order valence-corrected chi connectivity index (χ2v) is 7.78. The van der Waals surface area contributed by atoms with Crippen molar-refractivity contribution in [2.45, 2.75) is 44.1 Å². The Labute approximate surface area is 158 Å². The Kier molecular flexibility index (Phi) is 4.75. The van der Waals surface area contributed by atoms with E-state index in [1.54, 1.807) is 6.33 Å². The largest absolute Gasteiger partial charge is 0.424 e. The van der Waals surface area contributed by atoms with Gasteiger partial charge in [0.2, 0.25) is 11.8 Å². The van der Waals surface area contributed by atoms with Crippen molar-refractivity contribution in [3.8, 4) is 0 Å². The Hall–Kier alpha value is -2.06. The average molecular weight is 370 g/mol. The molecule has 3 fully saturated rings. The fraction of sp³-hybridized carbons (Fsp3) is 0.684. The number of morpholine rings is 1. The van der Waals surface area contributed by atoms with Crippen LogP contribution in [0.25, 0.3) is 0 Å². The molecular formula is C19H26N6O2. The van der Waals surface area contributed by atoms with E-state index in [0.29, 0.717) is 11.8 Å². The van der Waals surface area contributed by atoms with Gasteiger partial charge in [0.25, 0.3) is 0 Å². The van der Waals surface area contributed by atoms with Crippen LogP contribution in [0.2, 0.25) is 0 Å². The average Bonchev–Trinajstić information content (AvgIpc) is 3.48. The van der Waals surface area contributed by atoms with Crippen LogP contribution < -0.4 is 4.90 Å². The van der Waals surface area contributed by atoms with Crippen LogP contribution >= 0.6 is 0 Å². The van der Waals surface area contributed by atoms with Crippen molar-refractivity contribution in [1.82, 2.24) is 25.1 Å². The molecule has 1 unspecified atom stereocenters. The highest BCUT2D eigenvalue weighted by Crippen LogP contribution is 2.39. The molecule has 0 amide bonds. The summed E-state index contributed by atoms with van der Waals surface area (Å²) in [4.78, 5) is 13.8. The smallest absolute Gasteiger partial charge is 0.230 e. The van der Waals surface area contributed by atoms with E-state index in [0.717, 1.165) is 82.1 Å². The van der Waals surface area contributed by atoms with Crippen LogP contribution in [0.4, 0.5) is 5.82 Å². The normalized spacial score (nSPS) is 24.3. The van der Waals surface area contributed by atoms with E-state index >= 15 is 0 Å². The SMILES string of the molecule is c1nc(C2CCCN(Cc3nnc(C4CC4)o3)C2)cc(N2CCOCC2)n1. The minimum absolute atomic E-state index is 0.423. The fourth-order valence-electron chi connectivity index (χ4n) is 4.01. The van der Waals surface area contributed by atoms with Crippen molar-refractivity contribution < 1.29 is 9.15 Å². The van der Waals surface area contributed by atoms with E-state index in [1.807, 2.05) is 0 Å². The van der Waals surface area contributed by atoms with Crippen molar-refractivity contribution in [2.24, 2.45) is 0 Å². The van der Waals surface area contributed by atoms with Gasteiger partial charge in [0.1, 0.15) is 12.1 Å². The van der Waals surface area contributed by atoms with Crippen LogP contribution in [-0.2, 0) is 11.3 Å². The summed E-state index contributed by atoms with van der Waals surface area (Å²) in [7, 11) is 0. The first-order valence-electron chi connectivity index (χ1n) is 10.0. The predicted molar refractivity (Wildman–Crippen MR) is 98.6 cm³/mol. The third-order valence-electron chi connectivity index (χ3n) is 5.70.